The highest BCUT2D eigenvalue weighted by Crippen LogP contribution is 2.21. The zero-order chi connectivity index (χ0) is 13.7. The minimum absolute atomic E-state index is 0.283. The van der Waals surface area contributed by atoms with Crippen molar-refractivity contribution in [2.75, 3.05) is 6.61 Å². The summed E-state index contributed by atoms with van der Waals surface area (Å²) in [6, 6.07) is 4.52. The van der Waals surface area contributed by atoms with E-state index in [2.05, 4.69) is 4.98 Å². The maximum Gasteiger partial charge on any atom is 0.132 e. The van der Waals surface area contributed by atoms with Gasteiger partial charge in [0, 0.05) is 30.6 Å². The molecule has 5 heteroatoms. The molecule has 0 bridgehead atoms. The van der Waals surface area contributed by atoms with Crippen molar-refractivity contribution in [1.29, 1.82) is 0 Å². The van der Waals surface area contributed by atoms with Crippen LogP contribution < -0.4 is 4.74 Å². The number of aliphatic hydroxyl groups excluding tert-OH is 1. The largest absolute Gasteiger partial charge is 0.493 e. The third-order valence-corrected chi connectivity index (χ3v) is 2.81. The summed E-state index contributed by atoms with van der Waals surface area (Å²) < 4.78 is 21.0. The second-order valence-corrected chi connectivity index (χ2v) is 4.36. The lowest BCUT2D eigenvalue weighted by molar-refractivity contribution is 0.194. The Kier molecular flexibility index (Phi) is 4.52. The van der Waals surface area contributed by atoms with Crippen LogP contribution in [0, 0.1) is 5.82 Å². The lowest BCUT2D eigenvalue weighted by Crippen LogP contribution is -2.04. The van der Waals surface area contributed by atoms with Crippen molar-refractivity contribution < 1.29 is 14.2 Å². The van der Waals surface area contributed by atoms with E-state index in [-0.39, 0.29) is 5.56 Å². The Bertz CT molecular complexity index is 512. The van der Waals surface area contributed by atoms with E-state index in [1.54, 1.807) is 24.7 Å². The van der Waals surface area contributed by atoms with Crippen LogP contribution in [-0.2, 0) is 6.54 Å². The molecule has 19 heavy (non-hydrogen) atoms. The van der Waals surface area contributed by atoms with Crippen LogP contribution in [0.25, 0.3) is 0 Å². The molecule has 1 aromatic heterocycles. The lowest BCUT2D eigenvalue weighted by Gasteiger charge is -2.10. The fraction of sp³-hybridized carbons (Fsp3) is 0.357. The van der Waals surface area contributed by atoms with Crippen LogP contribution in [0.4, 0.5) is 4.39 Å². The lowest BCUT2D eigenvalue weighted by atomic mass is 10.1. The normalized spacial score (nSPS) is 12.4. The van der Waals surface area contributed by atoms with Gasteiger partial charge in [0.05, 0.1) is 19.0 Å². The third-order valence-electron chi connectivity index (χ3n) is 2.81. The van der Waals surface area contributed by atoms with Crippen molar-refractivity contribution in [2.45, 2.75) is 26.0 Å². The van der Waals surface area contributed by atoms with Gasteiger partial charge >= 0.3 is 0 Å². The van der Waals surface area contributed by atoms with Gasteiger partial charge in [0.25, 0.3) is 0 Å². The molecule has 0 saturated heterocycles. The van der Waals surface area contributed by atoms with Crippen molar-refractivity contribution in [3.63, 3.8) is 0 Å². The molecule has 4 nitrogen and oxygen atoms in total. The highest BCUT2D eigenvalue weighted by Gasteiger charge is 2.08. The number of imidazole rings is 1. The minimum Gasteiger partial charge on any atom is -0.493 e. The molecule has 1 atom stereocenters. The van der Waals surface area contributed by atoms with Gasteiger partial charge in [-0.1, -0.05) is 0 Å². The zero-order valence-electron chi connectivity index (χ0n) is 10.8. The maximum atomic E-state index is 13.6. The maximum absolute atomic E-state index is 13.6. The molecule has 2 rings (SSSR count). The van der Waals surface area contributed by atoms with E-state index in [1.165, 1.54) is 13.0 Å². The zero-order valence-corrected chi connectivity index (χ0v) is 10.8. The standard InChI is InChI=1S/C14H17FN2O2/c1-11(18)13-4-3-12(9-14(13)15)19-8-2-6-17-7-5-16-10-17/h3-5,7,9-11,18H,2,6,8H2,1H3/t11-/m1/s1. The van der Waals surface area contributed by atoms with Gasteiger partial charge in [-0.3, -0.25) is 0 Å². The van der Waals surface area contributed by atoms with Crippen LogP contribution in [0.1, 0.15) is 25.0 Å². The Morgan fingerprint density at radius 2 is 2.32 bits per heavy atom. The number of halogens is 1. The molecule has 0 aliphatic heterocycles. The number of aryl methyl sites for hydroxylation is 1. The quantitative estimate of drug-likeness (QED) is 0.816. The topological polar surface area (TPSA) is 47.3 Å². The van der Waals surface area contributed by atoms with Crippen LogP contribution >= 0.6 is 0 Å². The van der Waals surface area contributed by atoms with Gasteiger partial charge in [-0.05, 0) is 25.5 Å². The molecule has 102 valence electrons. The summed E-state index contributed by atoms with van der Waals surface area (Å²) in [5, 5.41) is 9.33. The van der Waals surface area contributed by atoms with Crippen molar-refractivity contribution >= 4 is 0 Å². The molecular formula is C14H17FN2O2. The molecule has 0 unspecified atom stereocenters. The summed E-state index contributed by atoms with van der Waals surface area (Å²) in [6.07, 6.45) is 5.37. The summed E-state index contributed by atoms with van der Waals surface area (Å²) in [7, 11) is 0. The minimum atomic E-state index is -0.810. The second kappa shape index (κ2) is 6.33. The molecule has 1 heterocycles. The van der Waals surface area contributed by atoms with Gasteiger partial charge in [-0.2, -0.15) is 0 Å². The summed E-state index contributed by atoms with van der Waals surface area (Å²) in [5.41, 5.74) is 0.283. The number of ether oxygens (including phenoxy) is 1. The molecule has 2 aromatic rings. The molecule has 1 N–H and O–H groups in total. The van der Waals surface area contributed by atoms with Crippen molar-refractivity contribution in [3.05, 3.63) is 48.3 Å². The van der Waals surface area contributed by atoms with Gasteiger partial charge in [-0.25, -0.2) is 9.37 Å². The Balaban J connectivity index is 1.81. The summed E-state index contributed by atoms with van der Waals surface area (Å²) in [6.45, 7) is 2.85. The van der Waals surface area contributed by atoms with Crippen LogP contribution in [-0.4, -0.2) is 21.3 Å². The van der Waals surface area contributed by atoms with E-state index in [1.807, 2.05) is 10.8 Å². The smallest absolute Gasteiger partial charge is 0.132 e. The predicted octanol–water partition coefficient (Wildman–Crippen LogP) is 2.54. The Morgan fingerprint density at radius 1 is 1.47 bits per heavy atom. The van der Waals surface area contributed by atoms with E-state index < -0.39 is 11.9 Å². The van der Waals surface area contributed by atoms with Gasteiger partial charge < -0.3 is 14.4 Å². The Labute approximate surface area is 111 Å². The number of benzene rings is 1. The molecular weight excluding hydrogens is 247 g/mol. The van der Waals surface area contributed by atoms with E-state index in [4.69, 9.17) is 4.74 Å². The van der Waals surface area contributed by atoms with Crippen LogP contribution in [0.5, 0.6) is 5.75 Å². The molecule has 0 fully saturated rings. The fourth-order valence-corrected chi connectivity index (χ4v) is 1.79. The van der Waals surface area contributed by atoms with Crippen molar-refractivity contribution in [3.8, 4) is 5.75 Å². The van der Waals surface area contributed by atoms with Crippen molar-refractivity contribution in [2.24, 2.45) is 0 Å². The first-order valence-electron chi connectivity index (χ1n) is 6.23. The molecule has 1 aromatic carbocycles. The highest BCUT2D eigenvalue weighted by molar-refractivity contribution is 5.29. The molecule has 0 aliphatic carbocycles. The number of rotatable bonds is 6. The van der Waals surface area contributed by atoms with Crippen molar-refractivity contribution in [1.82, 2.24) is 9.55 Å². The number of aromatic nitrogens is 2. The molecule has 0 radical (unpaired) electrons. The first-order chi connectivity index (χ1) is 9.16. The average Bonchev–Trinajstić information content (AvgIpc) is 2.87. The Hall–Kier alpha value is -1.88. The molecule has 0 spiro atoms. The number of nitrogens with zero attached hydrogens (tertiary/aromatic N) is 2. The van der Waals surface area contributed by atoms with Gasteiger partial charge in [0.2, 0.25) is 0 Å². The first kappa shape index (κ1) is 13.5. The SMILES string of the molecule is C[C@@H](O)c1ccc(OCCCn2ccnc2)cc1F. The molecule has 0 aliphatic rings. The highest BCUT2D eigenvalue weighted by atomic mass is 19.1. The van der Waals surface area contributed by atoms with Gasteiger partial charge in [0.1, 0.15) is 11.6 Å². The Morgan fingerprint density at radius 3 is 2.95 bits per heavy atom. The summed E-state index contributed by atoms with van der Waals surface area (Å²) in [4.78, 5) is 3.95. The third kappa shape index (κ3) is 3.79. The number of hydrogen-bond acceptors (Lipinski definition) is 3. The second-order valence-electron chi connectivity index (χ2n) is 4.36. The molecule has 0 amide bonds. The van der Waals surface area contributed by atoms with Crippen LogP contribution in [0.2, 0.25) is 0 Å². The monoisotopic (exact) mass is 264 g/mol. The van der Waals surface area contributed by atoms with E-state index in [0.717, 1.165) is 13.0 Å². The van der Waals surface area contributed by atoms with E-state index in [0.29, 0.717) is 12.4 Å². The van der Waals surface area contributed by atoms with E-state index in [9.17, 15) is 9.50 Å². The fourth-order valence-electron chi connectivity index (χ4n) is 1.79. The number of aliphatic hydroxyl groups is 1. The van der Waals surface area contributed by atoms with E-state index >= 15 is 0 Å². The van der Waals surface area contributed by atoms with Crippen LogP contribution in [0.15, 0.2) is 36.9 Å². The van der Waals surface area contributed by atoms with Gasteiger partial charge in [-0.15, -0.1) is 0 Å². The average molecular weight is 264 g/mol. The summed E-state index contributed by atoms with van der Waals surface area (Å²) >= 11 is 0. The predicted molar refractivity (Wildman–Crippen MR) is 69.4 cm³/mol. The summed E-state index contributed by atoms with van der Waals surface area (Å²) in [5.74, 6) is 0.0367. The van der Waals surface area contributed by atoms with Gasteiger partial charge in [0.15, 0.2) is 0 Å². The first-order valence-corrected chi connectivity index (χ1v) is 6.23. The van der Waals surface area contributed by atoms with Crippen LogP contribution in [0.3, 0.4) is 0 Å². The number of hydrogen-bond donors (Lipinski definition) is 1. The molecule has 0 saturated carbocycles.